The number of methoxy groups -OCH3 is 1. The minimum Gasteiger partial charge on any atom is -0.377 e. The van der Waals surface area contributed by atoms with Gasteiger partial charge in [-0.3, -0.25) is 9.98 Å². The number of aromatic nitrogens is 1. The lowest BCUT2D eigenvalue weighted by atomic mass is 10.1. The van der Waals surface area contributed by atoms with Crippen molar-refractivity contribution in [1.29, 1.82) is 0 Å². The summed E-state index contributed by atoms with van der Waals surface area (Å²) in [7, 11) is 1.71. The molecule has 0 aliphatic carbocycles. The first-order valence-corrected chi connectivity index (χ1v) is 7.45. The number of halogens is 1. The fourth-order valence-corrected chi connectivity index (χ4v) is 1.65. The molecular weight excluding hydrogens is 391 g/mol. The van der Waals surface area contributed by atoms with E-state index in [0.717, 1.165) is 31.2 Å². The molecule has 0 spiro atoms. The molecule has 0 fully saturated rings. The van der Waals surface area contributed by atoms with E-state index in [1.54, 1.807) is 7.11 Å². The van der Waals surface area contributed by atoms with E-state index in [0.29, 0.717) is 6.54 Å². The second-order valence-corrected chi connectivity index (χ2v) is 5.64. The first-order valence-electron chi connectivity index (χ1n) is 7.45. The predicted octanol–water partition coefficient (Wildman–Crippen LogP) is 2.53. The number of rotatable bonds is 7. The van der Waals surface area contributed by atoms with Crippen LogP contribution in [-0.2, 0) is 11.2 Å². The van der Waals surface area contributed by atoms with Gasteiger partial charge in [0, 0.05) is 32.1 Å². The van der Waals surface area contributed by atoms with Crippen molar-refractivity contribution in [3.63, 3.8) is 0 Å². The molecule has 5 nitrogen and oxygen atoms in total. The Bertz CT molecular complexity index is 446. The normalized spacial score (nSPS) is 11.8. The summed E-state index contributed by atoms with van der Waals surface area (Å²) in [5, 5.41) is 6.58. The van der Waals surface area contributed by atoms with Gasteiger partial charge in [-0.25, -0.2) is 0 Å². The summed E-state index contributed by atoms with van der Waals surface area (Å²) in [5.41, 5.74) is 2.02. The molecule has 1 rings (SSSR count). The average Bonchev–Trinajstić information content (AvgIpc) is 2.47. The second kappa shape index (κ2) is 10.8. The van der Waals surface area contributed by atoms with E-state index in [2.05, 4.69) is 33.6 Å². The molecule has 0 unspecified atom stereocenters. The maximum atomic E-state index is 5.38. The third-order valence-electron chi connectivity index (χ3n) is 3.19. The van der Waals surface area contributed by atoms with E-state index in [1.807, 2.05) is 33.0 Å². The highest BCUT2D eigenvalue weighted by atomic mass is 127. The first-order chi connectivity index (χ1) is 9.96. The molecule has 1 heterocycles. The van der Waals surface area contributed by atoms with Crippen LogP contribution in [0.2, 0.25) is 0 Å². The number of nitrogens with zero attached hydrogens (tertiary/aromatic N) is 2. The molecular formula is C16H29IN4O. The highest BCUT2D eigenvalue weighted by molar-refractivity contribution is 14.0. The van der Waals surface area contributed by atoms with E-state index in [9.17, 15) is 0 Å². The van der Waals surface area contributed by atoms with Gasteiger partial charge in [0.05, 0.1) is 12.1 Å². The number of aryl methyl sites for hydroxylation is 1. The van der Waals surface area contributed by atoms with Crippen LogP contribution in [0.1, 0.15) is 32.0 Å². The van der Waals surface area contributed by atoms with Gasteiger partial charge < -0.3 is 15.4 Å². The molecule has 1 aromatic heterocycles. The number of guanidine groups is 1. The van der Waals surface area contributed by atoms with Gasteiger partial charge in [0.2, 0.25) is 0 Å². The highest BCUT2D eigenvalue weighted by Crippen LogP contribution is 2.07. The van der Waals surface area contributed by atoms with Crippen molar-refractivity contribution in [2.24, 2.45) is 4.99 Å². The molecule has 1 aromatic rings. The minimum absolute atomic E-state index is 0. The van der Waals surface area contributed by atoms with Crippen LogP contribution in [0.3, 0.4) is 0 Å². The Labute approximate surface area is 151 Å². The zero-order valence-corrected chi connectivity index (χ0v) is 16.6. The summed E-state index contributed by atoms with van der Waals surface area (Å²) < 4.78 is 5.38. The lowest BCUT2D eigenvalue weighted by molar-refractivity contribution is 0.0310. The van der Waals surface area contributed by atoms with Crippen LogP contribution < -0.4 is 10.6 Å². The van der Waals surface area contributed by atoms with Crippen LogP contribution in [0.15, 0.2) is 23.3 Å². The first kappa shape index (κ1) is 21.1. The number of ether oxygens (including phenoxy) is 1. The summed E-state index contributed by atoms with van der Waals surface area (Å²) in [6, 6.07) is 4.15. The fraction of sp³-hybridized carbons (Fsp3) is 0.625. The number of aliphatic imine (C=N–C) groups is 1. The van der Waals surface area contributed by atoms with Gasteiger partial charge >= 0.3 is 0 Å². The predicted molar refractivity (Wildman–Crippen MR) is 103 cm³/mol. The zero-order valence-electron chi connectivity index (χ0n) is 14.3. The lowest BCUT2D eigenvalue weighted by Gasteiger charge is -2.21. The van der Waals surface area contributed by atoms with Crippen molar-refractivity contribution in [1.82, 2.24) is 15.6 Å². The largest absolute Gasteiger partial charge is 0.377 e. The quantitative estimate of drug-likeness (QED) is 0.405. The molecule has 0 amide bonds. The van der Waals surface area contributed by atoms with Gasteiger partial charge in [-0.2, -0.15) is 0 Å². The maximum absolute atomic E-state index is 5.38. The Kier molecular flexibility index (Phi) is 10.3. The van der Waals surface area contributed by atoms with Crippen LogP contribution >= 0.6 is 24.0 Å². The monoisotopic (exact) mass is 420 g/mol. The Morgan fingerprint density at radius 2 is 2.05 bits per heavy atom. The van der Waals surface area contributed by atoms with Crippen molar-refractivity contribution < 1.29 is 4.74 Å². The van der Waals surface area contributed by atoms with E-state index in [4.69, 9.17) is 4.74 Å². The van der Waals surface area contributed by atoms with Crippen molar-refractivity contribution in [3.8, 4) is 0 Å². The van der Waals surface area contributed by atoms with Crippen LogP contribution in [-0.4, -0.2) is 43.3 Å². The van der Waals surface area contributed by atoms with Crippen molar-refractivity contribution >= 4 is 29.9 Å². The molecule has 0 atom stereocenters. The van der Waals surface area contributed by atoms with Gasteiger partial charge in [-0.05, 0) is 45.7 Å². The van der Waals surface area contributed by atoms with Crippen molar-refractivity contribution in [2.75, 3.05) is 26.7 Å². The fourth-order valence-electron chi connectivity index (χ4n) is 1.65. The highest BCUT2D eigenvalue weighted by Gasteiger charge is 2.15. The number of hydrogen-bond acceptors (Lipinski definition) is 3. The summed E-state index contributed by atoms with van der Waals surface area (Å²) in [4.78, 5) is 8.86. The van der Waals surface area contributed by atoms with Gasteiger partial charge in [-0.15, -0.1) is 24.0 Å². The SMILES string of the molecule is CCNC(=NCC(C)(C)OC)NCCc1ccc(C)nc1.I. The molecule has 126 valence electrons. The van der Waals surface area contributed by atoms with E-state index in [-0.39, 0.29) is 29.6 Å². The van der Waals surface area contributed by atoms with Gasteiger partial charge in [-0.1, -0.05) is 6.07 Å². The lowest BCUT2D eigenvalue weighted by Crippen LogP contribution is -2.40. The van der Waals surface area contributed by atoms with E-state index in [1.165, 1.54) is 5.56 Å². The molecule has 0 aliphatic rings. The Morgan fingerprint density at radius 1 is 1.32 bits per heavy atom. The summed E-state index contributed by atoms with van der Waals surface area (Å²) in [6.07, 6.45) is 2.85. The van der Waals surface area contributed by atoms with Crippen LogP contribution in [0.5, 0.6) is 0 Å². The summed E-state index contributed by atoms with van der Waals surface area (Å²) >= 11 is 0. The molecule has 2 N–H and O–H groups in total. The van der Waals surface area contributed by atoms with Crippen LogP contribution in [0.25, 0.3) is 0 Å². The molecule has 6 heteroatoms. The third-order valence-corrected chi connectivity index (χ3v) is 3.19. The van der Waals surface area contributed by atoms with Crippen LogP contribution in [0.4, 0.5) is 0 Å². The van der Waals surface area contributed by atoms with Crippen LogP contribution in [0, 0.1) is 6.92 Å². The molecule has 0 saturated carbocycles. The smallest absolute Gasteiger partial charge is 0.191 e. The Hall–Kier alpha value is -0.890. The van der Waals surface area contributed by atoms with E-state index >= 15 is 0 Å². The Morgan fingerprint density at radius 3 is 2.59 bits per heavy atom. The second-order valence-electron chi connectivity index (χ2n) is 5.64. The number of nitrogens with one attached hydrogen (secondary N) is 2. The minimum atomic E-state index is -0.247. The third kappa shape index (κ3) is 8.53. The molecule has 0 radical (unpaired) electrons. The summed E-state index contributed by atoms with van der Waals surface area (Å²) in [6.45, 7) is 10.4. The van der Waals surface area contributed by atoms with Gasteiger partial charge in [0.1, 0.15) is 0 Å². The zero-order chi connectivity index (χ0) is 15.7. The molecule has 0 saturated heterocycles. The van der Waals surface area contributed by atoms with Crippen molar-refractivity contribution in [3.05, 3.63) is 29.6 Å². The number of pyridine rings is 1. The molecule has 0 aliphatic heterocycles. The Balaban J connectivity index is 0.00000441. The van der Waals surface area contributed by atoms with Gasteiger partial charge in [0.25, 0.3) is 0 Å². The molecule has 0 bridgehead atoms. The van der Waals surface area contributed by atoms with Gasteiger partial charge in [0.15, 0.2) is 5.96 Å². The summed E-state index contributed by atoms with van der Waals surface area (Å²) in [5.74, 6) is 0.822. The molecule has 0 aromatic carbocycles. The average molecular weight is 420 g/mol. The van der Waals surface area contributed by atoms with Crippen molar-refractivity contribution in [2.45, 2.75) is 39.7 Å². The maximum Gasteiger partial charge on any atom is 0.191 e. The standard InChI is InChI=1S/C16H28N4O.HI/c1-6-17-15(20-12-16(3,4)21-5)18-10-9-14-8-7-13(2)19-11-14;/h7-8,11H,6,9-10,12H2,1-5H3,(H2,17,18,20);1H. The molecule has 22 heavy (non-hydrogen) atoms. The van der Waals surface area contributed by atoms with E-state index < -0.39 is 0 Å². The number of hydrogen-bond donors (Lipinski definition) is 2. The topological polar surface area (TPSA) is 58.5 Å².